The molecule has 27 heavy (non-hydrogen) atoms. The van der Waals surface area contributed by atoms with Gasteiger partial charge in [-0.05, 0) is 55.9 Å². The lowest BCUT2D eigenvalue weighted by Crippen LogP contribution is -3.11. The van der Waals surface area contributed by atoms with Gasteiger partial charge < -0.3 is 19.9 Å². The fourth-order valence-corrected chi connectivity index (χ4v) is 4.51. The number of anilines is 1. The summed E-state index contributed by atoms with van der Waals surface area (Å²) in [5.74, 6) is 1.56. The van der Waals surface area contributed by atoms with Crippen molar-refractivity contribution in [3.05, 3.63) is 24.3 Å². The number of fused-ring (bicyclic) bond motifs is 1. The minimum Gasteiger partial charge on any atom is -0.497 e. The Morgan fingerprint density at radius 2 is 1.81 bits per heavy atom. The van der Waals surface area contributed by atoms with E-state index in [9.17, 15) is 9.59 Å². The predicted octanol–water partition coefficient (Wildman–Crippen LogP) is 1.33. The molecular formula is C21H32N3O3+. The Bertz CT molecular complexity index is 645. The maximum atomic E-state index is 12.8. The number of carbonyl (C=O) groups is 2. The Morgan fingerprint density at radius 3 is 2.56 bits per heavy atom. The molecule has 148 valence electrons. The molecule has 2 aliphatic rings. The summed E-state index contributed by atoms with van der Waals surface area (Å²) in [6.07, 6.45) is 7.33. The van der Waals surface area contributed by atoms with Crippen LogP contribution in [0.15, 0.2) is 24.3 Å². The molecule has 6 nitrogen and oxygen atoms in total. The van der Waals surface area contributed by atoms with Gasteiger partial charge in [0.15, 0.2) is 13.1 Å². The van der Waals surface area contributed by atoms with Crippen LogP contribution in [0.1, 0.15) is 38.5 Å². The van der Waals surface area contributed by atoms with Crippen LogP contribution in [-0.4, -0.2) is 56.5 Å². The van der Waals surface area contributed by atoms with Crippen LogP contribution in [0.2, 0.25) is 0 Å². The summed E-state index contributed by atoms with van der Waals surface area (Å²) in [6, 6.07) is 7.68. The average Bonchev–Trinajstić information content (AvgIpc) is 2.67. The third-order valence-electron chi connectivity index (χ3n) is 5.85. The first-order valence-electron chi connectivity index (χ1n) is 10.1. The van der Waals surface area contributed by atoms with Crippen molar-refractivity contribution < 1.29 is 19.2 Å². The van der Waals surface area contributed by atoms with Crippen molar-refractivity contribution in [1.29, 1.82) is 0 Å². The number of nitrogens with zero attached hydrogens (tertiary/aromatic N) is 1. The van der Waals surface area contributed by atoms with Gasteiger partial charge in [0.25, 0.3) is 11.8 Å². The fraction of sp³-hybridized carbons (Fsp3) is 0.619. The second kappa shape index (κ2) is 9.22. The number of amides is 2. The minimum atomic E-state index is -0.0837. The Hall–Kier alpha value is -2.08. The van der Waals surface area contributed by atoms with E-state index in [0.717, 1.165) is 35.7 Å². The molecule has 1 aliphatic heterocycles. The summed E-state index contributed by atoms with van der Waals surface area (Å²) in [6.45, 7) is 1.53. The number of hydrogen-bond donors (Lipinski definition) is 2. The van der Waals surface area contributed by atoms with Crippen molar-refractivity contribution in [2.24, 2.45) is 5.92 Å². The second-order valence-electron chi connectivity index (χ2n) is 7.93. The van der Waals surface area contributed by atoms with E-state index < -0.39 is 0 Å². The number of quaternary nitrogens is 1. The molecule has 6 heteroatoms. The Balaban J connectivity index is 1.48. The van der Waals surface area contributed by atoms with Crippen LogP contribution in [-0.2, 0) is 9.59 Å². The van der Waals surface area contributed by atoms with Crippen molar-refractivity contribution in [3.63, 3.8) is 0 Å². The number of carbonyl (C=O) groups excluding carboxylic acids is 2. The monoisotopic (exact) mass is 374 g/mol. The van der Waals surface area contributed by atoms with Gasteiger partial charge in [0.05, 0.1) is 14.2 Å². The van der Waals surface area contributed by atoms with E-state index in [2.05, 4.69) is 10.2 Å². The topological polar surface area (TPSA) is 63.1 Å². The van der Waals surface area contributed by atoms with Gasteiger partial charge in [0, 0.05) is 18.3 Å². The fourth-order valence-electron chi connectivity index (χ4n) is 4.51. The van der Waals surface area contributed by atoms with Crippen molar-refractivity contribution in [1.82, 2.24) is 4.90 Å². The van der Waals surface area contributed by atoms with Gasteiger partial charge in [-0.3, -0.25) is 9.59 Å². The van der Waals surface area contributed by atoms with E-state index in [0.29, 0.717) is 18.5 Å². The zero-order valence-corrected chi connectivity index (χ0v) is 16.5. The summed E-state index contributed by atoms with van der Waals surface area (Å²) in [4.78, 5) is 28.1. The molecule has 1 aliphatic carbocycles. The number of ether oxygens (including phenoxy) is 1. The molecule has 1 saturated heterocycles. The summed E-state index contributed by atoms with van der Waals surface area (Å²) >= 11 is 0. The van der Waals surface area contributed by atoms with Gasteiger partial charge in [-0.1, -0.05) is 12.8 Å². The Labute approximate surface area is 161 Å². The Morgan fingerprint density at radius 1 is 1.11 bits per heavy atom. The molecule has 0 bridgehead atoms. The third kappa shape index (κ3) is 5.22. The van der Waals surface area contributed by atoms with Gasteiger partial charge in [-0.15, -0.1) is 0 Å². The summed E-state index contributed by atoms with van der Waals surface area (Å²) in [7, 11) is 3.52. The molecule has 2 fully saturated rings. The van der Waals surface area contributed by atoms with Crippen LogP contribution in [0.5, 0.6) is 5.75 Å². The standard InChI is InChI=1S/C21H31N3O3/c1-23(14-20(25)22-17-9-11-18(27-2)12-10-17)15-21(26)24-13-5-7-16-6-3-4-8-19(16)24/h9-12,16,19H,3-8,13-15H2,1-2H3,(H,22,25)/p+1/t16-,19-/m0/s1. The number of methoxy groups -OCH3 is 1. The highest BCUT2D eigenvalue weighted by atomic mass is 16.5. The van der Waals surface area contributed by atoms with Gasteiger partial charge in [-0.25, -0.2) is 0 Å². The van der Waals surface area contributed by atoms with Crippen LogP contribution in [0.25, 0.3) is 0 Å². The van der Waals surface area contributed by atoms with Gasteiger partial charge in [0.1, 0.15) is 5.75 Å². The lowest BCUT2D eigenvalue weighted by atomic mass is 9.78. The molecule has 1 unspecified atom stereocenters. The van der Waals surface area contributed by atoms with E-state index >= 15 is 0 Å². The van der Waals surface area contributed by atoms with Gasteiger partial charge >= 0.3 is 0 Å². The molecular weight excluding hydrogens is 342 g/mol. The van der Waals surface area contributed by atoms with Crippen LogP contribution in [0.3, 0.4) is 0 Å². The summed E-state index contributed by atoms with van der Waals surface area (Å²) < 4.78 is 5.12. The molecule has 0 spiro atoms. The number of piperidine rings is 1. The van der Waals surface area contributed by atoms with Crippen molar-refractivity contribution in [2.75, 3.05) is 39.1 Å². The molecule has 3 atom stereocenters. The largest absolute Gasteiger partial charge is 0.497 e. The second-order valence-corrected chi connectivity index (χ2v) is 7.93. The normalized spacial score (nSPS) is 23.3. The zero-order valence-electron chi connectivity index (χ0n) is 16.5. The van der Waals surface area contributed by atoms with E-state index in [1.165, 1.54) is 25.7 Å². The number of benzene rings is 1. The Kier molecular flexibility index (Phi) is 6.72. The maximum absolute atomic E-state index is 12.8. The van der Waals surface area contributed by atoms with E-state index in [1.54, 1.807) is 7.11 Å². The van der Waals surface area contributed by atoms with Crippen LogP contribution < -0.4 is 15.0 Å². The van der Waals surface area contributed by atoms with Gasteiger partial charge in [0.2, 0.25) is 0 Å². The lowest BCUT2D eigenvalue weighted by Gasteiger charge is -2.44. The molecule has 1 aromatic carbocycles. The molecule has 0 aromatic heterocycles. The van der Waals surface area contributed by atoms with E-state index in [1.807, 2.05) is 31.3 Å². The first-order valence-corrected chi connectivity index (χ1v) is 10.1. The smallest absolute Gasteiger partial charge is 0.279 e. The minimum absolute atomic E-state index is 0.0837. The number of likely N-dealkylation sites (tertiary alicyclic amines) is 1. The van der Waals surface area contributed by atoms with Crippen molar-refractivity contribution in [2.45, 2.75) is 44.6 Å². The summed E-state index contributed by atoms with van der Waals surface area (Å²) in [5, 5.41) is 2.88. The third-order valence-corrected chi connectivity index (χ3v) is 5.85. The quantitative estimate of drug-likeness (QED) is 0.790. The van der Waals surface area contributed by atoms with Crippen LogP contribution >= 0.6 is 0 Å². The molecule has 2 amide bonds. The first kappa shape index (κ1) is 19.7. The number of rotatable bonds is 6. The molecule has 1 saturated carbocycles. The van der Waals surface area contributed by atoms with Crippen LogP contribution in [0.4, 0.5) is 5.69 Å². The predicted molar refractivity (Wildman–Crippen MR) is 105 cm³/mol. The summed E-state index contributed by atoms with van der Waals surface area (Å²) in [5.41, 5.74) is 0.737. The van der Waals surface area contributed by atoms with Crippen LogP contribution in [0, 0.1) is 5.92 Å². The molecule has 1 heterocycles. The highest BCUT2D eigenvalue weighted by Gasteiger charge is 2.36. The number of nitrogens with one attached hydrogen (secondary N) is 2. The molecule has 0 radical (unpaired) electrons. The SMILES string of the molecule is COc1ccc(NC(=O)C[NH+](C)CC(=O)N2CCC[C@@H]3CCCC[C@@H]32)cc1. The number of hydrogen-bond acceptors (Lipinski definition) is 3. The molecule has 2 N–H and O–H groups in total. The van der Waals surface area contributed by atoms with E-state index in [4.69, 9.17) is 4.74 Å². The average molecular weight is 375 g/mol. The maximum Gasteiger partial charge on any atom is 0.279 e. The highest BCUT2D eigenvalue weighted by Crippen LogP contribution is 2.35. The van der Waals surface area contributed by atoms with Crippen molar-refractivity contribution in [3.8, 4) is 5.75 Å². The lowest BCUT2D eigenvalue weighted by molar-refractivity contribution is -0.862. The number of likely N-dealkylation sites (N-methyl/N-ethyl adjacent to an activating group) is 1. The zero-order chi connectivity index (χ0) is 19.2. The highest BCUT2D eigenvalue weighted by molar-refractivity contribution is 5.91. The molecule has 3 rings (SSSR count). The van der Waals surface area contributed by atoms with Crippen molar-refractivity contribution >= 4 is 17.5 Å². The molecule has 1 aromatic rings. The van der Waals surface area contributed by atoms with E-state index in [-0.39, 0.29) is 18.4 Å². The first-order chi connectivity index (χ1) is 13.1. The van der Waals surface area contributed by atoms with Gasteiger partial charge in [-0.2, -0.15) is 0 Å².